The van der Waals surface area contributed by atoms with Gasteiger partial charge in [-0.1, -0.05) is 6.92 Å². The van der Waals surface area contributed by atoms with Crippen LogP contribution in [0.5, 0.6) is 0 Å². The zero-order valence-corrected chi connectivity index (χ0v) is 6.14. The summed E-state index contributed by atoms with van der Waals surface area (Å²) < 4.78 is 35.0. The Labute approximate surface area is 62.0 Å². The normalized spacial score (nSPS) is 17.6. The van der Waals surface area contributed by atoms with E-state index in [4.69, 9.17) is 5.11 Å². The number of ketones is 1. The third kappa shape index (κ3) is 2.88. The quantitative estimate of drug-likeness (QED) is 0.674. The van der Waals surface area contributed by atoms with Gasteiger partial charge in [0.2, 0.25) is 0 Å². The van der Waals surface area contributed by atoms with E-state index in [1.54, 1.807) is 0 Å². The molecular weight excluding hydrogens is 161 g/mol. The number of aliphatic hydroxyl groups excluding tert-OH is 1. The van der Waals surface area contributed by atoms with E-state index in [2.05, 4.69) is 0 Å². The number of carbonyl (C=O) groups excluding carboxylic acids is 1. The van der Waals surface area contributed by atoms with Crippen molar-refractivity contribution in [2.75, 3.05) is 0 Å². The maximum atomic E-state index is 11.7. The zero-order chi connectivity index (χ0) is 9.23. The SMILES string of the molecule is CC(=O)C(C)C(O)C(F)(F)F. The van der Waals surface area contributed by atoms with Crippen molar-refractivity contribution >= 4 is 5.78 Å². The lowest BCUT2D eigenvalue weighted by Crippen LogP contribution is -2.37. The van der Waals surface area contributed by atoms with Crippen molar-refractivity contribution in [2.45, 2.75) is 26.1 Å². The van der Waals surface area contributed by atoms with E-state index in [1.807, 2.05) is 0 Å². The van der Waals surface area contributed by atoms with Crippen LogP contribution in [-0.4, -0.2) is 23.2 Å². The molecule has 0 aliphatic rings. The molecule has 0 fully saturated rings. The fourth-order valence-electron chi connectivity index (χ4n) is 0.506. The van der Waals surface area contributed by atoms with E-state index in [9.17, 15) is 18.0 Å². The first-order valence-electron chi connectivity index (χ1n) is 3.02. The number of halogens is 3. The van der Waals surface area contributed by atoms with Gasteiger partial charge >= 0.3 is 6.18 Å². The van der Waals surface area contributed by atoms with Gasteiger partial charge in [-0.3, -0.25) is 4.79 Å². The highest BCUT2D eigenvalue weighted by Gasteiger charge is 2.43. The Kier molecular flexibility index (Phi) is 3.04. The molecule has 0 aliphatic heterocycles. The summed E-state index contributed by atoms with van der Waals surface area (Å²) >= 11 is 0. The average molecular weight is 170 g/mol. The summed E-state index contributed by atoms with van der Waals surface area (Å²) in [6.45, 7) is 2.06. The van der Waals surface area contributed by atoms with Crippen LogP contribution in [0.15, 0.2) is 0 Å². The van der Waals surface area contributed by atoms with Crippen LogP contribution in [-0.2, 0) is 4.79 Å². The van der Waals surface area contributed by atoms with Gasteiger partial charge in [0.15, 0.2) is 6.10 Å². The molecule has 0 heterocycles. The second-order valence-corrected chi connectivity index (χ2v) is 2.39. The van der Waals surface area contributed by atoms with Crippen molar-refractivity contribution in [1.82, 2.24) is 0 Å². The molecule has 2 atom stereocenters. The van der Waals surface area contributed by atoms with Crippen molar-refractivity contribution in [1.29, 1.82) is 0 Å². The first-order valence-corrected chi connectivity index (χ1v) is 3.02. The molecule has 1 N–H and O–H groups in total. The molecule has 0 bridgehead atoms. The third-order valence-corrected chi connectivity index (χ3v) is 1.45. The maximum absolute atomic E-state index is 11.7. The zero-order valence-electron chi connectivity index (χ0n) is 6.14. The Hall–Kier alpha value is -0.580. The Morgan fingerprint density at radius 2 is 1.82 bits per heavy atom. The van der Waals surface area contributed by atoms with Crippen LogP contribution in [0.1, 0.15) is 13.8 Å². The van der Waals surface area contributed by atoms with Gasteiger partial charge in [0.1, 0.15) is 5.78 Å². The summed E-state index contributed by atoms with van der Waals surface area (Å²) in [4.78, 5) is 10.4. The van der Waals surface area contributed by atoms with Crippen LogP contribution in [0.2, 0.25) is 0 Å². The topological polar surface area (TPSA) is 37.3 Å². The molecular formula is C6H9F3O2. The summed E-state index contributed by atoms with van der Waals surface area (Å²) in [6.07, 6.45) is -7.24. The molecule has 0 aromatic heterocycles. The van der Waals surface area contributed by atoms with Gasteiger partial charge in [0, 0.05) is 5.92 Å². The molecule has 0 aromatic rings. The summed E-state index contributed by atoms with van der Waals surface area (Å²) in [5.41, 5.74) is 0. The van der Waals surface area contributed by atoms with Crippen LogP contribution < -0.4 is 0 Å². The van der Waals surface area contributed by atoms with E-state index < -0.39 is 24.0 Å². The van der Waals surface area contributed by atoms with Gasteiger partial charge in [0.25, 0.3) is 0 Å². The minimum absolute atomic E-state index is 0.671. The van der Waals surface area contributed by atoms with Crippen LogP contribution >= 0.6 is 0 Å². The standard InChI is InChI=1S/C6H9F3O2/c1-3(4(2)10)5(11)6(7,8)9/h3,5,11H,1-2H3. The Morgan fingerprint density at radius 1 is 1.45 bits per heavy atom. The molecule has 0 aromatic carbocycles. The fraction of sp³-hybridized carbons (Fsp3) is 0.833. The second kappa shape index (κ2) is 3.21. The van der Waals surface area contributed by atoms with Crippen molar-refractivity contribution in [3.8, 4) is 0 Å². The highest BCUT2D eigenvalue weighted by molar-refractivity contribution is 5.78. The first-order chi connectivity index (χ1) is 4.76. The van der Waals surface area contributed by atoms with Crippen molar-refractivity contribution < 1.29 is 23.1 Å². The van der Waals surface area contributed by atoms with Crippen LogP contribution in [0, 0.1) is 5.92 Å². The molecule has 0 spiro atoms. The van der Waals surface area contributed by atoms with Crippen LogP contribution in [0.25, 0.3) is 0 Å². The minimum Gasteiger partial charge on any atom is -0.383 e. The van der Waals surface area contributed by atoms with Gasteiger partial charge in [-0.15, -0.1) is 0 Å². The number of hydrogen-bond acceptors (Lipinski definition) is 2. The predicted molar refractivity (Wildman–Crippen MR) is 31.9 cm³/mol. The van der Waals surface area contributed by atoms with Gasteiger partial charge in [-0.25, -0.2) is 0 Å². The largest absolute Gasteiger partial charge is 0.415 e. The molecule has 11 heavy (non-hydrogen) atoms. The molecule has 2 nitrogen and oxygen atoms in total. The fourth-order valence-corrected chi connectivity index (χ4v) is 0.506. The Balaban J connectivity index is 4.25. The number of hydrogen-bond donors (Lipinski definition) is 1. The highest BCUT2D eigenvalue weighted by Crippen LogP contribution is 2.25. The second-order valence-electron chi connectivity index (χ2n) is 2.39. The van der Waals surface area contributed by atoms with Gasteiger partial charge in [-0.05, 0) is 6.92 Å². The average Bonchev–Trinajstić information content (AvgIpc) is 1.82. The van der Waals surface area contributed by atoms with Gasteiger partial charge in [0.05, 0.1) is 0 Å². The van der Waals surface area contributed by atoms with Gasteiger partial charge < -0.3 is 5.11 Å². The van der Waals surface area contributed by atoms with Crippen molar-refractivity contribution in [3.63, 3.8) is 0 Å². The number of alkyl halides is 3. The Morgan fingerprint density at radius 3 is 1.91 bits per heavy atom. The van der Waals surface area contributed by atoms with E-state index >= 15 is 0 Å². The third-order valence-electron chi connectivity index (χ3n) is 1.45. The van der Waals surface area contributed by atoms with Crippen LogP contribution in [0.4, 0.5) is 13.2 Å². The molecule has 5 heteroatoms. The lowest BCUT2D eigenvalue weighted by Gasteiger charge is -2.18. The van der Waals surface area contributed by atoms with E-state index in [-0.39, 0.29) is 0 Å². The monoisotopic (exact) mass is 170 g/mol. The molecule has 66 valence electrons. The van der Waals surface area contributed by atoms with Gasteiger partial charge in [-0.2, -0.15) is 13.2 Å². The molecule has 0 radical (unpaired) electrons. The van der Waals surface area contributed by atoms with E-state index in [1.165, 1.54) is 0 Å². The van der Waals surface area contributed by atoms with E-state index in [0.29, 0.717) is 0 Å². The van der Waals surface area contributed by atoms with Crippen molar-refractivity contribution in [3.05, 3.63) is 0 Å². The predicted octanol–water partition coefficient (Wildman–Crippen LogP) is 1.13. The molecule has 0 aliphatic carbocycles. The molecule has 0 amide bonds. The number of rotatable bonds is 2. The summed E-state index contributed by atoms with van der Waals surface area (Å²) in [5, 5.41) is 8.48. The molecule has 0 saturated carbocycles. The van der Waals surface area contributed by atoms with Crippen molar-refractivity contribution in [2.24, 2.45) is 5.92 Å². The number of Topliss-reactive ketones (excluding diaryl/α,β-unsaturated/α-hetero) is 1. The molecule has 0 rings (SSSR count). The van der Waals surface area contributed by atoms with E-state index in [0.717, 1.165) is 13.8 Å². The lowest BCUT2D eigenvalue weighted by molar-refractivity contribution is -0.216. The molecule has 0 saturated heterocycles. The maximum Gasteiger partial charge on any atom is 0.415 e. The highest BCUT2D eigenvalue weighted by atomic mass is 19.4. The summed E-state index contributed by atoms with van der Waals surface area (Å²) in [6, 6.07) is 0. The lowest BCUT2D eigenvalue weighted by atomic mass is 10.0. The smallest absolute Gasteiger partial charge is 0.383 e. The molecule has 2 unspecified atom stereocenters. The summed E-state index contributed by atoms with van der Waals surface area (Å²) in [5.74, 6) is -2.05. The number of aliphatic hydroxyl groups is 1. The number of carbonyl (C=O) groups is 1. The Bertz CT molecular complexity index is 152. The summed E-state index contributed by atoms with van der Waals surface area (Å²) in [7, 11) is 0. The minimum atomic E-state index is -4.70. The first kappa shape index (κ1) is 10.4. The van der Waals surface area contributed by atoms with Crippen LogP contribution in [0.3, 0.4) is 0 Å².